The van der Waals surface area contributed by atoms with Gasteiger partial charge in [0.05, 0.1) is 7.11 Å². The number of methoxy groups -OCH3 is 1. The predicted octanol–water partition coefficient (Wildman–Crippen LogP) is -0.776. The number of rotatable bonds is 2. The van der Waals surface area contributed by atoms with Crippen molar-refractivity contribution in [3.05, 3.63) is 0 Å². The largest absolute Gasteiger partial charge is 0.480 e. The first kappa shape index (κ1) is 16.5. The Hall–Kier alpha value is -2.52. The highest BCUT2D eigenvalue weighted by Crippen LogP contribution is 2.08. The summed E-state index contributed by atoms with van der Waals surface area (Å²) in [5.41, 5.74) is 0. The molecule has 2 aliphatic heterocycles. The molecule has 118 valence electrons. The summed E-state index contributed by atoms with van der Waals surface area (Å²) in [5.74, 6) is -1.55. The number of aliphatic carboxylic acids is 1. The maximum Gasteiger partial charge on any atom is 0.408 e. The first-order valence-corrected chi connectivity index (χ1v) is 6.01. The second-order valence-electron chi connectivity index (χ2n) is 4.33. The van der Waals surface area contributed by atoms with Crippen molar-refractivity contribution in [1.29, 1.82) is 0 Å². The summed E-state index contributed by atoms with van der Waals surface area (Å²) < 4.78 is 13.6. The number of carbonyl (C=O) groups excluding carboxylic acids is 3. The van der Waals surface area contributed by atoms with Crippen LogP contribution >= 0.6 is 0 Å². The Labute approximate surface area is 119 Å². The molecule has 2 aliphatic rings. The number of cyclic esters (lactones) is 2. The molecule has 2 saturated heterocycles. The van der Waals surface area contributed by atoms with E-state index in [0.29, 0.717) is 0 Å². The van der Waals surface area contributed by atoms with Gasteiger partial charge in [-0.15, -0.1) is 0 Å². The van der Waals surface area contributed by atoms with Crippen molar-refractivity contribution in [1.82, 2.24) is 10.6 Å². The third-order valence-electron chi connectivity index (χ3n) is 2.79. The molecule has 0 radical (unpaired) electrons. The molecule has 3 N–H and O–H groups in total. The van der Waals surface area contributed by atoms with Crippen LogP contribution in [0.3, 0.4) is 0 Å². The van der Waals surface area contributed by atoms with Crippen LogP contribution in [-0.4, -0.2) is 60.6 Å². The van der Waals surface area contributed by atoms with E-state index in [4.69, 9.17) is 5.11 Å². The van der Waals surface area contributed by atoms with E-state index in [-0.39, 0.29) is 0 Å². The van der Waals surface area contributed by atoms with E-state index in [1.54, 1.807) is 6.92 Å². The van der Waals surface area contributed by atoms with Gasteiger partial charge < -0.3 is 30.0 Å². The molecule has 0 spiro atoms. The smallest absolute Gasteiger partial charge is 0.408 e. The number of hydrogen-bond donors (Lipinski definition) is 3. The quantitative estimate of drug-likeness (QED) is 0.446. The summed E-state index contributed by atoms with van der Waals surface area (Å²) in [7, 11) is 1.26. The third kappa shape index (κ3) is 4.23. The molecule has 0 aliphatic carbocycles. The number of amides is 2. The zero-order valence-electron chi connectivity index (χ0n) is 11.6. The Morgan fingerprint density at radius 3 is 1.71 bits per heavy atom. The van der Waals surface area contributed by atoms with E-state index in [9.17, 15) is 19.2 Å². The van der Waals surface area contributed by atoms with E-state index in [0.717, 1.165) is 0 Å². The molecule has 0 aromatic carbocycles. The van der Waals surface area contributed by atoms with Crippen molar-refractivity contribution < 1.29 is 38.5 Å². The number of hydrogen-bond acceptors (Lipinski definition) is 7. The van der Waals surface area contributed by atoms with E-state index in [2.05, 4.69) is 24.8 Å². The topological polar surface area (TPSA) is 140 Å². The normalized spacial score (nSPS) is 30.0. The van der Waals surface area contributed by atoms with Crippen LogP contribution in [0.1, 0.15) is 13.8 Å². The molecule has 0 saturated carbocycles. The van der Waals surface area contributed by atoms with Gasteiger partial charge in [-0.3, -0.25) is 0 Å². The third-order valence-corrected chi connectivity index (χ3v) is 2.79. The van der Waals surface area contributed by atoms with E-state index in [1.807, 2.05) is 0 Å². The molecule has 4 atom stereocenters. The van der Waals surface area contributed by atoms with Crippen molar-refractivity contribution in [3.63, 3.8) is 0 Å². The zero-order valence-corrected chi connectivity index (χ0v) is 11.6. The van der Waals surface area contributed by atoms with Crippen molar-refractivity contribution in [3.8, 4) is 0 Å². The molecule has 0 aromatic rings. The maximum atomic E-state index is 10.9. The molecule has 0 bridgehead atoms. The molecule has 2 fully saturated rings. The van der Waals surface area contributed by atoms with Crippen LogP contribution in [0.5, 0.6) is 0 Å². The molecular formula is C11H16N2O8. The fourth-order valence-electron chi connectivity index (χ4n) is 1.67. The van der Waals surface area contributed by atoms with Crippen LogP contribution in [0.2, 0.25) is 0 Å². The van der Waals surface area contributed by atoms with Gasteiger partial charge in [0.25, 0.3) is 0 Å². The van der Waals surface area contributed by atoms with Crippen molar-refractivity contribution in [2.75, 3.05) is 7.11 Å². The standard InChI is InChI=1S/C6H9NO4.C5H7NO4/c1-3-4(5(8)10-2)7-6(9)11-3;1-2-3(4(7)8)6-5(9)10-2/h3-4H,1-2H3,(H,7,9);2-3H,1H3,(H,6,9)(H,7,8)/t3-,4-;2-,3-/m00/s1. The van der Waals surface area contributed by atoms with Gasteiger partial charge in [-0.2, -0.15) is 0 Å². The van der Waals surface area contributed by atoms with Crippen molar-refractivity contribution >= 4 is 24.1 Å². The lowest BCUT2D eigenvalue weighted by Crippen LogP contribution is -2.38. The van der Waals surface area contributed by atoms with Crippen molar-refractivity contribution in [2.45, 2.75) is 38.1 Å². The maximum absolute atomic E-state index is 10.9. The average Bonchev–Trinajstić information content (AvgIpc) is 2.91. The zero-order chi connectivity index (χ0) is 16.2. The highest BCUT2D eigenvalue weighted by atomic mass is 16.6. The van der Waals surface area contributed by atoms with Gasteiger partial charge in [0.1, 0.15) is 12.2 Å². The highest BCUT2D eigenvalue weighted by molar-refractivity contribution is 5.84. The summed E-state index contributed by atoms with van der Waals surface area (Å²) >= 11 is 0. The van der Waals surface area contributed by atoms with Gasteiger partial charge in [0.2, 0.25) is 0 Å². The summed E-state index contributed by atoms with van der Waals surface area (Å²) in [6, 6.07) is -1.56. The van der Waals surface area contributed by atoms with Gasteiger partial charge in [-0.25, -0.2) is 19.2 Å². The summed E-state index contributed by atoms with van der Waals surface area (Å²) in [5, 5.41) is 12.9. The number of alkyl carbamates (subject to hydrolysis) is 2. The van der Waals surface area contributed by atoms with Crippen LogP contribution in [0.25, 0.3) is 0 Å². The lowest BCUT2D eigenvalue weighted by molar-refractivity contribution is -0.144. The summed E-state index contributed by atoms with van der Waals surface area (Å²) in [6.45, 7) is 3.15. The minimum atomic E-state index is -1.07. The Balaban J connectivity index is 0.000000211. The monoisotopic (exact) mass is 304 g/mol. The molecular weight excluding hydrogens is 288 g/mol. The molecule has 0 unspecified atom stereocenters. The highest BCUT2D eigenvalue weighted by Gasteiger charge is 2.37. The first-order chi connectivity index (χ1) is 9.76. The molecule has 10 nitrogen and oxygen atoms in total. The minimum Gasteiger partial charge on any atom is -0.480 e. The molecule has 21 heavy (non-hydrogen) atoms. The minimum absolute atomic E-state index is 0.449. The van der Waals surface area contributed by atoms with Crippen LogP contribution in [0.15, 0.2) is 0 Å². The summed E-state index contributed by atoms with van der Waals surface area (Å²) in [4.78, 5) is 42.0. The number of carbonyl (C=O) groups is 4. The Kier molecular flexibility index (Phi) is 5.33. The second kappa shape index (κ2) is 6.77. The fourth-order valence-corrected chi connectivity index (χ4v) is 1.67. The number of carboxylic acids is 1. The van der Waals surface area contributed by atoms with Gasteiger partial charge in [0.15, 0.2) is 12.1 Å². The van der Waals surface area contributed by atoms with Crippen LogP contribution in [0, 0.1) is 0 Å². The Morgan fingerprint density at radius 2 is 1.48 bits per heavy atom. The number of carboxylic acid groups (broad SMARTS) is 1. The summed E-state index contributed by atoms with van der Waals surface area (Å²) in [6.07, 6.45) is -2.27. The van der Waals surface area contributed by atoms with Crippen LogP contribution in [-0.2, 0) is 23.8 Å². The lowest BCUT2D eigenvalue weighted by atomic mass is 10.2. The lowest BCUT2D eigenvalue weighted by Gasteiger charge is -2.08. The number of ether oxygens (including phenoxy) is 3. The Bertz CT molecular complexity index is 452. The second-order valence-corrected chi connectivity index (χ2v) is 4.33. The van der Waals surface area contributed by atoms with E-state index in [1.165, 1.54) is 14.0 Å². The van der Waals surface area contributed by atoms with Gasteiger partial charge in [-0.1, -0.05) is 0 Å². The van der Waals surface area contributed by atoms with E-state index < -0.39 is 48.4 Å². The van der Waals surface area contributed by atoms with E-state index >= 15 is 0 Å². The molecule has 2 amide bonds. The SMILES string of the molecule is COC(=O)[C@H]1NC(=O)O[C@H]1C.C[C@@H]1OC(=O)N[C@@H]1C(=O)O. The fraction of sp³-hybridized carbons (Fsp3) is 0.636. The first-order valence-electron chi connectivity index (χ1n) is 6.01. The number of nitrogens with one attached hydrogen (secondary N) is 2. The predicted molar refractivity (Wildman–Crippen MR) is 65.4 cm³/mol. The molecule has 10 heteroatoms. The molecule has 2 heterocycles. The molecule has 0 aromatic heterocycles. The van der Waals surface area contributed by atoms with Crippen molar-refractivity contribution in [2.24, 2.45) is 0 Å². The van der Waals surface area contributed by atoms with Gasteiger partial charge >= 0.3 is 24.1 Å². The van der Waals surface area contributed by atoms with Crippen LogP contribution < -0.4 is 10.6 Å². The van der Waals surface area contributed by atoms with Gasteiger partial charge in [-0.05, 0) is 13.8 Å². The Morgan fingerprint density at radius 1 is 1.05 bits per heavy atom. The van der Waals surface area contributed by atoms with Crippen LogP contribution in [0.4, 0.5) is 9.59 Å². The average molecular weight is 304 g/mol. The number of esters is 1. The molecule has 2 rings (SSSR count). The van der Waals surface area contributed by atoms with Gasteiger partial charge in [0, 0.05) is 0 Å².